The van der Waals surface area contributed by atoms with Gasteiger partial charge in [-0.05, 0) is 29.7 Å². The Morgan fingerprint density at radius 2 is 1.86 bits per heavy atom. The fourth-order valence-electron chi connectivity index (χ4n) is 3.86. The number of fused-ring (bicyclic) bond motifs is 1. The molecule has 2 aromatic rings. The van der Waals surface area contributed by atoms with Crippen molar-refractivity contribution in [3.8, 4) is 5.75 Å². The molecule has 1 aliphatic rings. The van der Waals surface area contributed by atoms with Crippen LogP contribution < -0.4 is 10.1 Å². The van der Waals surface area contributed by atoms with E-state index in [1.54, 1.807) is 12.1 Å². The first kappa shape index (κ1) is 23.4. The van der Waals surface area contributed by atoms with E-state index in [-0.39, 0.29) is 41.3 Å². The van der Waals surface area contributed by atoms with Gasteiger partial charge < -0.3 is 4.74 Å². The number of benzene rings is 2. The monoisotopic (exact) mass is 437 g/mol. The third kappa shape index (κ3) is 4.82. The Labute approximate surface area is 179 Å². The number of hydrogen-bond donors (Lipinski definition) is 1. The first-order chi connectivity index (χ1) is 13.3. The molecule has 0 amide bonds. The van der Waals surface area contributed by atoms with Gasteiger partial charge in [0.25, 0.3) is 0 Å². The molecule has 0 saturated heterocycles. The summed E-state index contributed by atoms with van der Waals surface area (Å²) < 4.78 is 32.0. The Hall–Kier alpha value is -1.89. The maximum absolute atomic E-state index is 13.4. The second kappa shape index (κ2) is 9.28. The molecule has 1 heterocycles. The minimum absolute atomic E-state index is 0. The van der Waals surface area contributed by atoms with Crippen molar-refractivity contribution in [3.05, 3.63) is 59.7 Å². The van der Waals surface area contributed by atoms with Gasteiger partial charge >= 0.3 is 0 Å². The van der Waals surface area contributed by atoms with Gasteiger partial charge in [0.15, 0.2) is 9.84 Å². The van der Waals surface area contributed by atoms with Gasteiger partial charge in [-0.2, -0.15) is 0 Å². The summed E-state index contributed by atoms with van der Waals surface area (Å²) in [5, 5.41) is 3.57. The number of ether oxygens (including phenoxy) is 1. The highest BCUT2D eigenvalue weighted by atomic mass is 35.5. The Bertz CT molecular complexity index is 962. The highest BCUT2D eigenvalue weighted by Crippen LogP contribution is 2.39. The molecule has 29 heavy (non-hydrogen) atoms. The highest BCUT2D eigenvalue weighted by Gasteiger charge is 2.43. The van der Waals surface area contributed by atoms with Crippen molar-refractivity contribution in [2.75, 3.05) is 12.9 Å². The van der Waals surface area contributed by atoms with Gasteiger partial charge in [0.1, 0.15) is 11.5 Å². The first-order valence-corrected chi connectivity index (χ1v) is 11.2. The van der Waals surface area contributed by atoms with Gasteiger partial charge in [0, 0.05) is 18.4 Å². The van der Waals surface area contributed by atoms with Gasteiger partial charge in [-0.1, -0.05) is 50.2 Å². The van der Waals surface area contributed by atoms with Crippen molar-refractivity contribution in [2.24, 2.45) is 0 Å². The van der Waals surface area contributed by atoms with Crippen LogP contribution in [0.5, 0.6) is 5.75 Å². The van der Waals surface area contributed by atoms with Gasteiger partial charge in [0.05, 0.1) is 23.8 Å². The number of hydrogen-bond acceptors (Lipinski definition) is 5. The summed E-state index contributed by atoms with van der Waals surface area (Å²) in [6.45, 7) is 3.75. The number of halogens is 1. The van der Waals surface area contributed by atoms with E-state index in [0.717, 1.165) is 5.56 Å². The van der Waals surface area contributed by atoms with Crippen LogP contribution in [0.4, 0.5) is 0 Å². The molecule has 2 aromatic carbocycles. The quantitative estimate of drug-likeness (QED) is 0.736. The number of nitrogens with one attached hydrogen (secondary N) is 1. The molecular weight excluding hydrogens is 410 g/mol. The van der Waals surface area contributed by atoms with Crippen LogP contribution in [0.25, 0.3) is 0 Å². The Kier molecular flexibility index (Phi) is 7.49. The van der Waals surface area contributed by atoms with Gasteiger partial charge in [-0.3, -0.25) is 10.1 Å². The summed E-state index contributed by atoms with van der Waals surface area (Å²) in [5.41, 5.74) is 0.831. The lowest BCUT2D eigenvalue weighted by atomic mass is 9.87. The molecule has 3 rings (SSSR count). The van der Waals surface area contributed by atoms with Crippen molar-refractivity contribution in [1.82, 2.24) is 5.32 Å². The lowest BCUT2D eigenvalue weighted by Crippen LogP contribution is -2.51. The number of ketones is 1. The van der Waals surface area contributed by atoms with Crippen molar-refractivity contribution >= 4 is 28.0 Å². The zero-order valence-corrected chi connectivity index (χ0v) is 18.6. The lowest BCUT2D eigenvalue weighted by Gasteiger charge is -2.35. The predicted molar refractivity (Wildman–Crippen MR) is 117 cm³/mol. The van der Waals surface area contributed by atoms with E-state index in [1.807, 2.05) is 50.2 Å². The number of Topliss-reactive ketones (excluding diaryl/α,β-unsaturated/α-hetero) is 1. The molecule has 7 heteroatoms. The molecule has 158 valence electrons. The highest BCUT2D eigenvalue weighted by molar-refractivity contribution is 7.91. The molecule has 2 atom stereocenters. The van der Waals surface area contributed by atoms with Crippen LogP contribution in [0, 0.1) is 0 Å². The van der Waals surface area contributed by atoms with Gasteiger partial charge in [-0.25, -0.2) is 8.42 Å². The molecule has 0 unspecified atom stereocenters. The topological polar surface area (TPSA) is 72.5 Å². The molecule has 0 fully saturated rings. The summed E-state index contributed by atoms with van der Waals surface area (Å²) in [6.07, 6.45) is 1.11. The number of rotatable bonds is 6. The summed E-state index contributed by atoms with van der Waals surface area (Å²) in [5.74, 6) is 0.439. The minimum atomic E-state index is -3.62. The van der Waals surface area contributed by atoms with Crippen LogP contribution >= 0.6 is 12.4 Å². The van der Waals surface area contributed by atoms with Crippen molar-refractivity contribution < 1.29 is 17.9 Å². The Balaban J connectivity index is 0.00000300. The van der Waals surface area contributed by atoms with Crippen LogP contribution in [0.2, 0.25) is 0 Å². The smallest absolute Gasteiger partial charge is 0.180 e. The van der Waals surface area contributed by atoms with Crippen molar-refractivity contribution in [3.63, 3.8) is 0 Å². The van der Waals surface area contributed by atoms with Gasteiger partial charge in [-0.15, -0.1) is 12.4 Å². The van der Waals surface area contributed by atoms with Crippen LogP contribution in [0.3, 0.4) is 0 Å². The summed E-state index contributed by atoms with van der Waals surface area (Å²) in [4.78, 5) is 12.6. The molecular formula is C22H28ClNO4S. The zero-order chi connectivity index (χ0) is 20.4. The number of sulfone groups is 1. The van der Waals surface area contributed by atoms with E-state index in [2.05, 4.69) is 5.32 Å². The van der Waals surface area contributed by atoms with E-state index in [4.69, 9.17) is 4.74 Å². The summed E-state index contributed by atoms with van der Waals surface area (Å²) in [7, 11) is -2.10. The number of carbonyl (C=O) groups excluding carboxylic acids is 1. The van der Waals surface area contributed by atoms with Crippen LogP contribution in [-0.2, 0) is 14.6 Å². The lowest BCUT2D eigenvalue weighted by molar-refractivity contribution is -0.120. The maximum Gasteiger partial charge on any atom is 0.180 e. The molecule has 0 aromatic heterocycles. The van der Waals surface area contributed by atoms with Crippen molar-refractivity contribution in [1.29, 1.82) is 0 Å². The minimum Gasteiger partial charge on any atom is -0.497 e. The standard InChI is InChI=1S/C22H27NO4S.ClH/c1-4-17(24)14-22(5-2)15-28(25,26)20-13-18(27-3)11-12-19(20)21(23-22)16-9-7-6-8-10-16;/h6-13,21,23H,4-5,14-15H2,1-3H3;1H/t21-,22-;/m0./s1. The van der Waals surface area contributed by atoms with Crippen molar-refractivity contribution in [2.45, 2.75) is 49.6 Å². The molecule has 0 saturated carbocycles. The second-order valence-corrected chi connectivity index (χ2v) is 9.31. The van der Waals surface area contributed by atoms with E-state index < -0.39 is 15.4 Å². The van der Waals surface area contributed by atoms with E-state index in [9.17, 15) is 13.2 Å². The normalized spacial score (nSPS) is 22.7. The third-order valence-electron chi connectivity index (χ3n) is 5.52. The van der Waals surface area contributed by atoms with Crippen LogP contribution in [0.1, 0.15) is 50.3 Å². The average Bonchev–Trinajstić information content (AvgIpc) is 2.80. The zero-order valence-electron chi connectivity index (χ0n) is 17.0. The summed E-state index contributed by atoms with van der Waals surface area (Å²) in [6, 6.07) is 14.6. The first-order valence-electron chi connectivity index (χ1n) is 9.59. The number of carbonyl (C=O) groups is 1. The fraction of sp³-hybridized carbons (Fsp3) is 0.409. The van der Waals surface area contributed by atoms with E-state index in [1.165, 1.54) is 7.11 Å². The second-order valence-electron chi connectivity index (χ2n) is 7.35. The van der Waals surface area contributed by atoms with Crippen LogP contribution in [-0.4, -0.2) is 32.6 Å². The molecule has 0 bridgehead atoms. The average molecular weight is 438 g/mol. The van der Waals surface area contributed by atoms with E-state index in [0.29, 0.717) is 24.2 Å². The molecule has 5 nitrogen and oxygen atoms in total. The predicted octanol–water partition coefficient (Wildman–Crippen LogP) is 4.10. The Morgan fingerprint density at radius 3 is 2.45 bits per heavy atom. The largest absolute Gasteiger partial charge is 0.497 e. The fourth-order valence-corrected chi connectivity index (χ4v) is 5.97. The maximum atomic E-state index is 13.4. The molecule has 1 N–H and O–H groups in total. The SMILES string of the molecule is CCC(=O)C[C@@]1(CC)CS(=O)(=O)c2cc(OC)ccc2[C@H](c2ccccc2)N1.Cl. The molecule has 0 aliphatic carbocycles. The Morgan fingerprint density at radius 1 is 1.17 bits per heavy atom. The van der Waals surface area contributed by atoms with E-state index >= 15 is 0 Å². The molecule has 1 aliphatic heterocycles. The molecule has 0 radical (unpaired) electrons. The summed E-state index contributed by atoms with van der Waals surface area (Å²) >= 11 is 0. The molecule has 0 spiro atoms. The number of methoxy groups -OCH3 is 1. The van der Waals surface area contributed by atoms with Gasteiger partial charge in [0.2, 0.25) is 0 Å². The van der Waals surface area contributed by atoms with Crippen LogP contribution in [0.15, 0.2) is 53.4 Å². The third-order valence-corrected chi connectivity index (χ3v) is 7.48.